The Morgan fingerprint density at radius 3 is 0.731 bits per heavy atom. The van der Waals surface area contributed by atoms with Crippen molar-refractivity contribution in [3.05, 3.63) is 0 Å². The molecule has 0 saturated heterocycles. The van der Waals surface area contributed by atoms with E-state index < -0.39 is 97.5 Å². The number of hydrogen-bond donors (Lipinski definition) is 3. The maximum atomic E-state index is 13.1. The first-order valence-electron chi connectivity index (χ1n) is 38.6. The van der Waals surface area contributed by atoms with Gasteiger partial charge in [-0.15, -0.1) is 0 Å². The summed E-state index contributed by atoms with van der Waals surface area (Å²) in [5.74, 6) is -1.34. The molecule has 0 aliphatic rings. The van der Waals surface area contributed by atoms with Crippen LogP contribution in [0.2, 0.25) is 0 Å². The van der Waals surface area contributed by atoms with E-state index in [9.17, 15) is 43.2 Å². The molecule has 0 aromatic carbocycles. The minimum Gasteiger partial charge on any atom is -0.462 e. The van der Waals surface area contributed by atoms with Gasteiger partial charge in [-0.3, -0.25) is 37.3 Å². The van der Waals surface area contributed by atoms with Crippen molar-refractivity contribution in [2.75, 3.05) is 39.6 Å². The van der Waals surface area contributed by atoms with Gasteiger partial charge in [0.2, 0.25) is 0 Å². The Hall–Kier alpha value is -1.94. The summed E-state index contributed by atoms with van der Waals surface area (Å²) in [5.41, 5.74) is 0. The summed E-state index contributed by atoms with van der Waals surface area (Å²) in [6.07, 6.45) is 55.2. The average molecular weight is 1370 g/mol. The van der Waals surface area contributed by atoms with Gasteiger partial charge in [-0.1, -0.05) is 336 Å². The van der Waals surface area contributed by atoms with Crippen LogP contribution in [0, 0.1) is 5.92 Å². The standard InChI is InChI=1S/C74H144O17P2/c1-6-9-12-15-18-21-24-27-28-29-34-40-45-50-55-60-74(79)91-70(64-85-72(77)58-53-48-43-38-35-30-31-36-41-46-51-56-67(4)5)66-89-93(82,83)87-62-68(75)61-86-92(80,81)88-65-69(90-73(78)59-54-49-44-39-33-26-23-20-17-14-11-8-3)63-84-71(76)57-52-47-42-37-32-25-22-19-16-13-10-7-2/h67-70,75H,6-66H2,1-5H3,(H,80,81)(H,82,83)/t68-,69+,70+/m0/s1. The third-order valence-corrected chi connectivity index (χ3v) is 19.2. The fourth-order valence-corrected chi connectivity index (χ4v) is 12.9. The first-order chi connectivity index (χ1) is 45.0. The van der Waals surface area contributed by atoms with Crippen molar-refractivity contribution in [3.8, 4) is 0 Å². The fourth-order valence-electron chi connectivity index (χ4n) is 11.4. The lowest BCUT2D eigenvalue weighted by Gasteiger charge is -2.21. The van der Waals surface area contributed by atoms with E-state index in [1.54, 1.807) is 0 Å². The van der Waals surface area contributed by atoms with Crippen LogP contribution in [0.15, 0.2) is 0 Å². The average Bonchev–Trinajstić information content (AvgIpc) is 2.58. The predicted molar refractivity (Wildman–Crippen MR) is 377 cm³/mol. The quantitative estimate of drug-likeness (QED) is 0.0222. The smallest absolute Gasteiger partial charge is 0.462 e. The Morgan fingerprint density at radius 2 is 0.495 bits per heavy atom. The molecule has 0 fully saturated rings. The van der Waals surface area contributed by atoms with E-state index in [0.29, 0.717) is 25.7 Å². The van der Waals surface area contributed by atoms with E-state index in [4.69, 9.17) is 37.0 Å². The summed E-state index contributed by atoms with van der Waals surface area (Å²) in [7, 11) is -9.91. The van der Waals surface area contributed by atoms with Gasteiger partial charge in [0.15, 0.2) is 12.2 Å². The van der Waals surface area contributed by atoms with Gasteiger partial charge in [0.25, 0.3) is 0 Å². The van der Waals surface area contributed by atoms with Crippen molar-refractivity contribution in [2.45, 2.75) is 406 Å². The number of ether oxygens (including phenoxy) is 4. The summed E-state index contributed by atoms with van der Waals surface area (Å²) < 4.78 is 68.5. The third-order valence-electron chi connectivity index (χ3n) is 17.3. The van der Waals surface area contributed by atoms with Crippen molar-refractivity contribution in [2.24, 2.45) is 5.92 Å². The van der Waals surface area contributed by atoms with Crippen LogP contribution < -0.4 is 0 Å². The van der Waals surface area contributed by atoms with Crippen molar-refractivity contribution < 1.29 is 80.2 Å². The summed E-state index contributed by atoms with van der Waals surface area (Å²) in [6.45, 7) is 7.29. The molecule has 17 nitrogen and oxygen atoms in total. The topological polar surface area (TPSA) is 237 Å². The lowest BCUT2D eigenvalue weighted by Crippen LogP contribution is -2.30. The second kappa shape index (κ2) is 67.3. The molecule has 0 aromatic heterocycles. The van der Waals surface area contributed by atoms with E-state index in [1.165, 1.54) is 212 Å². The zero-order valence-electron chi connectivity index (χ0n) is 60.4. The van der Waals surface area contributed by atoms with Crippen molar-refractivity contribution >= 4 is 39.5 Å². The molecule has 0 spiro atoms. The number of carbonyl (C=O) groups excluding carboxylic acids is 4. The number of hydrogen-bond acceptors (Lipinski definition) is 15. The lowest BCUT2D eigenvalue weighted by atomic mass is 10.0. The molecule has 93 heavy (non-hydrogen) atoms. The highest BCUT2D eigenvalue weighted by Gasteiger charge is 2.30. The van der Waals surface area contributed by atoms with Gasteiger partial charge in [0.05, 0.1) is 26.4 Å². The second-order valence-corrected chi connectivity index (χ2v) is 30.1. The van der Waals surface area contributed by atoms with Crippen molar-refractivity contribution in [3.63, 3.8) is 0 Å². The minimum absolute atomic E-state index is 0.108. The molecule has 0 aliphatic heterocycles. The molecule has 0 bridgehead atoms. The van der Waals surface area contributed by atoms with E-state index in [2.05, 4.69) is 34.6 Å². The highest BCUT2D eigenvalue weighted by molar-refractivity contribution is 7.47. The summed E-state index contributed by atoms with van der Waals surface area (Å²) in [5, 5.41) is 10.6. The summed E-state index contributed by atoms with van der Waals surface area (Å²) in [4.78, 5) is 72.7. The number of phosphoric acid groups is 2. The lowest BCUT2D eigenvalue weighted by molar-refractivity contribution is -0.161. The zero-order chi connectivity index (χ0) is 68.4. The molecule has 0 aromatic rings. The molecule has 5 atom stereocenters. The SMILES string of the molecule is CCCCCCCCCCCCCCCCCC(=O)O[C@H](COC(=O)CCCCCCCCCCCCCC(C)C)COP(=O)(O)OC[C@@H](O)COP(=O)(O)OC[C@@H](COC(=O)CCCCCCCCCCCCCC)OC(=O)CCCCCCCCCCCCCC. The molecule has 552 valence electrons. The van der Waals surface area contributed by atoms with Gasteiger partial charge >= 0.3 is 39.5 Å². The van der Waals surface area contributed by atoms with Crippen LogP contribution >= 0.6 is 15.6 Å². The molecular weight excluding hydrogens is 1220 g/mol. The van der Waals surface area contributed by atoms with Crippen LogP contribution in [0.3, 0.4) is 0 Å². The first-order valence-corrected chi connectivity index (χ1v) is 41.6. The Balaban J connectivity index is 5.26. The molecule has 19 heteroatoms. The van der Waals surface area contributed by atoms with Crippen LogP contribution in [0.25, 0.3) is 0 Å². The number of aliphatic hydroxyl groups excluding tert-OH is 1. The van der Waals surface area contributed by atoms with Gasteiger partial charge in [0, 0.05) is 25.7 Å². The molecule has 0 heterocycles. The van der Waals surface area contributed by atoms with Gasteiger partial charge in [-0.05, 0) is 31.6 Å². The van der Waals surface area contributed by atoms with Crippen LogP contribution in [-0.2, 0) is 65.4 Å². The van der Waals surface area contributed by atoms with Crippen LogP contribution in [0.4, 0.5) is 0 Å². The van der Waals surface area contributed by atoms with Gasteiger partial charge in [0.1, 0.15) is 19.3 Å². The molecular formula is C74H144O17P2. The monoisotopic (exact) mass is 1370 g/mol. The van der Waals surface area contributed by atoms with E-state index >= 15 is 0 Å². The fraction of sp³-hybridized carbons (Fsp3) is 0.946. The molecule has 3 N–H and O–H groups in total. The molecule has 0 aliphatic carbocycles. The van der Waals surface area contributed by atoms with E-state index in [1.807, 2.05) is 0 Å². The van der Waals surface area contributed by atoms with Gasteiger partial charge < -0.3 is 33.8 Å². The summed E-state index contributed by atoms with van der Waals surface area (Å²) in [6, 6.07) is 0. The number of rotatable bonds is 74. The summed E-state index contributed by atoms with van der Waals surface area (Å²) >= 11 is 0. The number of phosphoric ester groups is 2. The van der Waals surface area contributed by atoms with Gasteiger partial charge in [-0.2, -0.15) is 0 Å². The highest BCUT2D eigenvalue weighted by atomic mass is 31.2. The minimum atomic E-state index is -4.95. The maximum Gasteiger partial charge on any atom is 0.472 e. The molecule has 0 radical (unpaired) electrons. The maximum absolute atomic E-state index is 13.1. The van der Waals surface area contributed by atoms with Crippen LogP contribution in [0.5, 0.6) is 0 Å². The number of esters is 4. The number of aliphatic hydroxyl groups is 1. The number of unbranched alkanes of at least 4 members (excludes halogenated alkanes) is 46. The van der Waals surface area contributed by atoms with Crippen molar-refractivity contribution in [1.29, 1.82) is 0 Å². The van der Waals surface area contributed by atoms with E-state index in [0.717, 1.165) is 95.8 Å². The Kier molecular flexibility index (Phi) is 65.9. The zero-order valence-corrected chi connectivity index (χ0v) is 62.2. The van der Waals surface area contributed by atoms with Crippen molar-refractivity contribution in [1.82, 2.24) is 0 Å². The number of carbonyl (C=O) groups is 4. The molecule has 0 rings (SSSR count). The normalized spacial score (nSPS) is 14.0. The highest BCUT2D eigenvalue weighted by Crippen LogP contribution is 2.45. The molecule has 0 saturated carbocycles. The predicted octanol–water partition coefficient (Wildman–Crippen LogP) is 21.7. The van der Waals surface area contributed by atoms with Gasteiger partial charge in [-0.25, -0.2) is 9.13 Å². The third kappa shape index (κ3) is 68.4. The van der Waals surface area contributed by atoms with Crippen LogP contribution in [0.1, 0.15) is 388 Å². The second-order valence-electron chi connectivity index (χ2n) is 27.2. The Morgan fingerprint density at radius 1 is 0.290 bits per heavy atom. The Bertz CT molecular complexity index is 1790. The van der Waals surface area contributed by atoms with Crippen LogP contribution in [-0.4, -0.2) is 96.7 Å². The largest absolute Gasteiger partial charge is 0.472 e. The molecule has 0 amide bonds. The molecule has 2 unspecified atom stereocenters. The Labute approximate surface area is 568 Å². The van der Waals surface area contributed by atoms with E-state index in [-0.39, 0.29) is 25.7 Å². The first kappa shape index (κ1) is 91.1.